The summed E-state index contributed by atoms with van der Waals surface area (Å²) in [4.78, 5) is 4.23. The standard InChI is InChI=1S/C13H13ClN4O/c1-13(8-15,10-5-4-6-11(14)17-10)9-7-16-18(2)12(9)19-3/h4-7H,1-3H3. The van der Waals surface area contributed by atoms with Crippen LogP contribution in [0.5, 0.6) is 5.88 Å². The van der Waals surface area contributed by atoms with E-state index < -0.39 is 5.41 Å². The van der Waals surface area contributed by atoms with Gasteiger partial charge < -0.3 is 4.74 Å². The molecule has 0 amide bonds. The maximum atomic E-state index is 9.59. The average Bonchev–Trinajstić information content (AvgIpc) is 2.79. The number of pyridine rings is 1. The van der Waals surface area contributed by atoms with Crippen molar-refractivity contribution in [1.82, 2.24) is 14.8 Å². The normalized spacial score (nSPS) is 13.6. The Morgan fingerprint density at radius 2 is 2.21 bits per heavy atom. The third-order valence-corrected chi connectivity index (χ3v) is 3.28. The van der Waals surface area contributed by atoms with Gasteiger partial charge in [-0.15, -0.1) is 0 Å². The van der Waals surface area contributed by atoms with Crippen LogP contribution in [0.3, 0.4) is 0 Å². The lowest BCUT2D eigenvalue weighted by molar-refractivity contribution is 0.365. The van der Waals surface area contributed by atoms with Crippen molar-refractivity contribution in [1.29, 1.82) is 5.26 Å². The Hall–Kier alpha value is -2.06. The number of nitrogens with zero attached hydrogens (tertiary/aromatic N) is 4. The van der Waals surface area contributed by atoms with E-state index in [1.54, 1.807) is 50.2 Å². The van der Waals surface area contributed by atoms with Gasteiger partial charge in [0.05, 0.1) is 30.6 Å². The number of aromatic nitrogens is 3. The number of methoxy groups -OCH3 is 1. The van der Waals surface area contributed by atoms with E-state index in [2.05, 4.69) is 16.2 Å². The Kier molecular flexibility index (Phi) is 3.45. The number of hydrogen-bond donors (Lipinski definition) is 0. The summed E-state index contributed by atoms with van der Waals surface area (Å²) in [5.41, 5.74) is 0.258. The van der Waals surface area contributed by atoms with Crippen LogP contribution in [0.1, 0.15) is 18.2 Å². The molecule has 0 aliphatic carbocycles. The largest absolute Gasteiger partial charge is 0.481 e. The molecule has 2 heterocycles. The first-order valence-electron chi connectivity index (χ1n) is 5.63. The second kappa shape index (κ2) is 4.90. The Morgan fingerprint density at radius 3 is 2.79 bits per heavy atom. The number of ether oxygens (including phenoxy) is 1. The highest BCUT2D eigenvalue weighted by Gasteiger charge is 2.35. The predicted octanol–water partition coefficient (Wildman–Crippen LogP) is 2.31. The molecule has 2 aromatic rings. The number of rotatable bonds is 3. The minimum atomic E-state index is -0.968. The van der Waals surface area contributed by atoms with Crippen LogP contribution in [-0.4, -0.2) is 21.9 Å². The van der Waals surface area contributed by atoms with Gasteiger partial charge in [-0.2, -0.15) is 10.4 Å². The molecule has 0 saturated heterocycles. The summed E-state index contributed by atoms with van der Waals surface area (Å²) < 4.78 is 6.88. The number of hydrogen-bond acceptors (Lipinski definition) is 4. The molecule has 5 nitrogen and oxygen atoms in total. The summed E-state index contributed by atoms with van der Waals surface area (Å²) >= 11 is 5.90. The predicted molar refractivity (Wildman–Crippen MR) is 71.1 cm³/mol. The molecule has 98 valence electrons. The van der Waals surface area contributed by atoms with Gasteiger partial charge in [0.25, 0.3) is 0 Å². The fraction of sp³-hybridized carbons (Fsp3) is 0.308. The Balaban J connectivity index is 2.64. The van der Waals surface area contributed by atoms with E-state index in [1.807, 2.05) is 0 Å². The van der Waals surface area contributed by atoms with Crippen molar-refractivity contribution in [2.24, 2.45) is 7.05 Å². The smallest absolute Gasteiger partial charge is 0.216 e. The Bertz CT molecular complexity index is 646. The highest BCUT2D eigenvalue weighted by molar-refractivity contribution is 6.29. The second-order valence-corrected chi connectivity index (χ2v) is 4.66. The monoisotopic (exact) mass is 276 g/mol. The molecule has 1 unspecified atom stereocenters. The fourth-order valence-electron chi connectivity index (χ4n) is 1.95. The van der Waals surface area contributed by atoms with E-state index in [4.69, 9.17) is 16.3 Å². The van der Waals surface area contributed by atoms with E-state index in [1.165, 1.54) is 0 Å². The van der Waals surface area contributed by atoms with E-state index in [9.17, 15) is 5.26 Å². The summed E-state index contributed by atoms with van der Waals surface area (Å²) in [5.74, 6) is 0.533. The van der Waals surface area contributed by atoms with E-state index >= 15 is 0 Å². The zero-order valence-corrected chi connectivity index (χ0v) is 11.6. The zero-order chi connectivity index (χ0) is 14.0. The molecule has 0 aromatic carbocycles. The van der Waals surface area contributed by atoms with Gasteiger partial charge >= 0.3 is 0 Å². The zero-order valence-electron chi connectivity index (χ0n) is 10.9. The summed E-state index contributed by atoms with van der Waals surface area (Å²) in [6.07, 6.45) is 1.62. The van der Waals surface area contributed by atoms with E-state index in [-0.39, 0.29) is 0 Å². The summed E-state index contributed by atoms with van der Waals surface area (Å²) in [6, 6.07) is 7.47. The van der Waals surface area contributed by atoms with Crippen LogP contribution in [0, 0.1) is 11.3 Å². The molecule has 0 aliphatic rings. The maximum Gasteiger partial charge on any atom is 0.216 e. The molecule has 0 spiro atoms. The van der Waals surface area contributed by atoms with Crippen LogP contribution in [0.2, 0.25) is 5.15 Å². The van der Waals surface area contributed by atoms with Crippen LogP contribution < -0.4 is 4.74 Å². The second-order valence-electron chi connectivity index (χ2n) is 4.27. The minimum Gasteiger partial charge on any atom is -0.481 e. The summed E-state index contributed by atoms with van der Waals surface area (Å²) in [6.45, 7) is 1.77. The highest BCUT2D eigenvalue weighted by atomic mass is 35.5. The average molecular weight is 277 g/mol. The van der Waals surface area contributed by atoms with Crippen molar-refractivity contribution >= 4 is 11.6 Å². The van der Waals surface area contributed by atoms with E-state index in [0.717, 1.165) is 0 Å². The molecule has 19 heavy (non-hydrogen) atoms. The van der Waals surface area contributed by atoms with Crippen molar-refractivity contribution in [3.8, 4) is 11.9 Å². The number of aryl methyl sites for hydroxylation is 1. The van der Waals surface area contributed by atoms with Crippen molar-refractivity contribution in [3.05, 3.63) is 40.8 Å². The summed E-state index contributed by atoms with van der Waals surface area (Å²) in [7, 11) is 3.30. The molecule has 0 saturated carbocycles. The van der Waals surface area contributed by atoms with Gasteiger partial charge in [-0.3, -0.25) is 0 Å². The van der Waals surface area contributed by atoms with Crippen molar-refractivity contribution in [2.75, 3.05) is 7.11 Å². The molecular formula is C13H13ClN4O. The molecule has 2 rings (SSSR count). The third-order valence-electron chi connectivity index (χ3n) is 3.07. The lowest BCUT2D eigenvalue weighted by Crippen LogP contribution is -2.23. The lowest BCUT2D eigenvalue weighted by atomic mass is 9.82. The first-order chi connectivity index (χ1) is 9.02. The Morgan fingerprint density at radius 1 is 1.47 bits per heavy atom. The van der Waals surface area contributed by atoms with Crippen molar-refractivity contribution < 1.29 is 4.74 Å². The third kappa shape index (κ3) is 2.15. The fourth-order valence-corrected chi connectivity index (χ4v) is 2.12. The van der Waals surface area contributed by atoms with Gasteiger partial charge in [0.2, 0.25) is 5.88 Å². The van der Waals surface area contributed by atoms with Crippen molar-refractivity contribution in [2.45, 2.75) is 12.3 Å². The first-order valence-corrected chi connectivity index (χ1v) is 6.01. The molecular weight excluding hydrogens is 264 g/mol. The van der Waals surface area contributed by atoms with Crippen LogP contribution in [0.15, 0.2) is 24.4 Å². The molecule has 0 aliphatic heterocycles. The van der Waals surface area contributed by atoms with Crippen LogP contribution in [-0.2, 0) is 12.5 Å². The minimum absolute atomic E-state index is 0.349. The quantitative estimate of drug-likeness (QED) is 0.807. The number of halogens is 1. The molecule has 0 fully saturated rings. The van der Waals surface area contributed by atoms with Gasteiger partial charge in [-0.25, -0.2) is 9.67 Å². The highest BCUT2D eigenvalue weighted by Crippen LogP contribution is 2.36. The molecule has 0 N–H and O–H groups in total. The van der Waals surface area contributed by atoms with E-state index in [0.29, 0.717) is 22.3 Å². The van der Waals surface area contributed by atoms with Gasteiger partial charge in [-0.05, 0) is 19.1 Å². The SMILES string of the molecule is COc1c(C(C)(C#N)c2cccc(Cl)n2)cnn1C. The first kappa shape index (κ1) is 13.4. The Labute approximate surface area is 116 Å². The van der Waals surface area contributed by atoms with Crippen LogP contribution in [0.4, 0.5) is 0 Å². The maximum absolute atomic E-state index is 9.59. The molecule has 1 atom stereocenters. The molecule has 2 aromatic heterocycles. The van der Waals surface area contributed by atoms with Gasteiger partial charge in [0.15, 0.2) is 0 Å². The molecule has 0 radical (unpaired) electrons. The van der Waals surface area contributed by atoms with Gasteiger partial charge in [-0.1, -0.05) is 17.7 Å². The lowest BCUT2D eigenvalue weighted by Gasteiger charge is -2.21. The summed E-state index contributed by atoms with van der Waals surface area (Å²) in [5, 5.41) is 14.1. The topological polar surface area (TPSA) is 63.7 Å². The van der Waals surface area contributed by atoms with Crippen molar-refractivity contribution in [3.63, 3.8) is 0 Å². The number of nitriles is 1. The van der Waals surface area contributed by atoms with Gasteiger partial charge in [0.1, 0.15) is 10.6 Å². The van der Waals surface area contributed by atoms with Gasteiger partial charge in [0, 0.05) is 7.05 Å². The van der Waals surface area contributed by atoms with Crippen LogP contribution in [0.25, 0.3) is 0 Å². The van der Waals surface area contributed by atoms with Crippen LogP contribution >= 0.6 is 11.6 Å². The molecule has 6 heteroatoms. The molecule has 0 bridgehead atoms.